The van der Waals surface area contributed by atoms with Gasteiger partial charge < -0.3 is 15.6 Å². The molecule has 0 aromatic carbocycles. The van der Waals surface area contributed by atoms with Crippen molar-refractivity contribution in [1.29, 1.82) is 0 Å². The molecular weight excluding hydrogens is 172 g/mol. The summed E-state index contributed by atoms with van der Waals surface area (Å²) in [5, 5.41) is 8.47. The number of ether oxygens (including phenoxy) is 1. The quantitative estimate of drug-likeness (QED) is 0.533. The normalized spacial score (nSPS) is 10.7. The SMILES string of the molecule is COCCN(CCN)CCC(=O)O. The van der Waals surface area contributed by atoms with E-state index in [1.165, 1.54) is 0 Å². The molecule has 0 aliphatic carbocycles. The average molecular weight is 190 g/mol. The second-order valence-electron chi connectivity index (χ2n) is 2.77. The molecule has 3 N–H and O–H groups in total. The number of methoxy groups -OCH3 is 1. The molecule has 0 bridgehead atoms. The molecule has 0 spiro atoms. The Labute approximate surface area is 78.5 Å². The number of nitrogens with two attached hydrogens (primary N) is 1. The summed E-state index contributed by atoms with van der Waals surface area (Å²) in [6, 6.07) is 0. The molecule has 0 aliphatic rings. The van der Waals surface area contributed by atoms with Gasteiger partial charge in [0.2, 0.25) is 0 Å². The first kappa shape index (κ1) is 12.3. The van der Waals surface area contributed by atoms with E-state index < -0.39 is 5.97 Å². The molecule has 0 fully saturated rings. The van der Waals surface area contributed by atoms with Gasteiger partial charge in [-0.25, -0.2) is 0 Å². The molecule has 0 aliphatic heterocycles. The minimum Gasteiger partial charge on any atom is -0.481 e. The highest BCUT2D eigenvalue weighted by Crippen LogP contribution is 1.91. The van der Waals surface area contributed by atoms with E-state index in [1.807, 2.05) is 4.90 Å². The van der Waals surface area contributed by atoms with Crippen LogP contribution >= 0.6 is 0 Å². The number of carbonyl (C=O) groups is 1. The number of nitrogens with zero attached hydrogens (tertiary/aromatic N) is 1. The van der Waals surface area contributed by atoms with Crippen LogP contribution in [-0.2, 0) is 9.53 Å². The fourth-order valence-corrected chi connectivity index (χ4v) is 0.992. The van der Waals surface area contributed by atoms with Gasteiger partial charge in [0, 0.05) is 33.3 Å². The average Bonchev–Trinajstić information content (AvgIpc) is 2.09. The van der Waals surface area contributed by atoms with E-state index in [4.69, 9.17) is 15.6 Å². The summed E-state index contributed by atoms with van der Waals surface area (Å²) in [5.74, 6) is -0.778. The molecule has 0 saturated heterocycles. The molecule has 0 amide bonds. The summed E-state index contributed by atoms with van der Waals surface area (Å²) in [4.78, 5) is 12.3. The Kier molecular flexibility index (Phi) is 7.57. The number of hydrogen-bond acceptors (Lipinski definition) is 4. The van der Waals surface area contributed by atoms with Crippen LogP contribution in [-0.4, -0.2) is 55.9 Å². The second-order valence-corrected chi connectivity index (χ2v) is 2.77. The van der Waals surface area contributed by atoms with Crippen molar-refractivity contribution in [1.82, 2.24) is 4.90 Å². The minimum absolute atomic E-state index is 0.156. The largest absolute Gasteiger partial charge is 0.481 e. The van der Waals surface area contributed by atoms with Crippen LogP contribution < -0.4 is 5.73 Å². The molecule has 0 radical (unpaired) electrons. The summed E-state index contributed by atoms with van der Waals surface area (Å²) in [7, 11) is 1.62. The molecular formula is C8H18N2O3. The number of aliphatic carboxylic acids is 1. The van der Waals surface area contributed by atoms with Gasteiger partial charge in [-0.05, 0) is 0 Å². The van der Waals surface area contributed by atoms with Gasteiger partial charge >= 0.3 is 5.97 Å². The maximum atomic E-state index is 10.3. The lowest BCUT2D eigenvalue weighted by atomic mass is 10.3. The van der Waals surface area contributed by atoms with Crippen LogP contribution in [0.25, 0.3) is 0 Å². The van der Waals surface area contributed by atoms with E-state index in [2.05, 4.69) is 0 Å². The summed E-state index contributed by atoms with van der Waals surface area (Å²) >= 11 is 0. The van der Waals surface area contributed by atoms with Crippen molar-refractivity contribution in [3.05, 3.63) is 0 Å². The molecule has 13 heavy (non-hydrogen) atoms. The van der Waals surface area contributed by atoms with Gasteiger partial charge in [0.05, 0.1) is 13.0 Å². The number of rotatable bonds is 8. The van der Waals surface area contributed by atoms with Crippen molar-refractivity contribution in [2.75, 3.05) is 39.9 Å². The molecule has 5 heteroatoms. The van der Waals surface area contributed by atoms with Crippen molar-refractivity contribution in [2.45, 2.75) is 6.42 Å². The van der Waals surface area contributed by atoms with E-state index >= 15 is 0 Å². The fourth-order valence-electron chi connectivity index (χ4n) is 0.992. The predicted octanol–water partition coefficient (Wildman–Crippen LogP) is -0.632. The Morgan fingerprint density at radius 3 is 2.62 bits per heavy atom. The highest BCUT2D eigenvalue weighted by atomic mass is 16.5. The Morgan fingerprint density at radius 1 is 1.46 bits per heavy atom. The molecule has 0 heterocycles. The minimum atomic E-state index is -0.778. The van der Waals surface area contributed by atoms with Gasteiger partial charge in [-0.1, -0.05) is 0 Å². The van der Waals surface area contributed by atoms with E-state index in [0.717, 1.165) is 13.1 Å². The maximum Gasteiger partial charge on any atom is 0.304 e. The van der Waals surface area contributed by atoms with Crippen LogP contribution in [0, 0.1) is 0 Å². The molecule has 0 aromatic rings. The number of carboxylic acid groups (broad SMARTS) is 1. The van der Waals surface area contributed by atoms with Gasteiger partial charge in [0.1, 0.15) is 0 Å². The van der Waals surface area contributed by atoms with Crippen LogP contribution in [0.5, 0.6) is 0 Å². The Balaban J connectivity index is 3.59. The molecule has 0 unspecified atom stereocenters. The zero-order valence-electron chi connectivity index (χ0n) is 8.03. The number of hydrogen-bond donors (Lipinski definition) is 2. The van der Waals surface area contributed by atoms with Gasteiger partial charge in [-0.2, -0.15) is 0 Å². The van der Waals surface area contributed by atoms with Gasteiger partial charge in [0.15, 0.2) is 0 Å². The molecule has 0 aromatic heterocycles. The third-order valence-corrected chi connectivity index (χ3v) is 1.70. The predicted molar refractivity (Wildman–Crippen MR) is 49.6 cm³/mol. The molecule has 0 rings (SSSR count). The van der Waals surface area contributed by atoms with Crippen LogP contribution in [0.15, 0.2) is 0 Å². The van der Waals surface area contributed by atoms with Crippen molar-refractivity contribution >= 4 is 5.97 Å². The van der Waals surface area contributed by atoms with Crippen molar-refractivity contribution < 1.29 is 14.6 Å². The van der Waals surface area contributed by atoms with Crippen molar-refractivity contribution in [2.24, 2.45) is 5.73 Å². The Bertz CT molecular complexity index is 141. The third kappa shape index (κ3) is 7.70. The first-order chi connectivity index (χ1) is 6.20. The van der Waals surface area contributed by atoms with Crippen LogP contribution in [0.3, 0.4) is 0 Å². The zero-order chi connectivity index (χ0) is 10.1. The lowest BCUT2D eigenvalue weighted by Gasteiger charge is -2.19. The summed E-state index contributed by atoms with van der Waals surface area (Å²) in [6.45, 7) is 3.15. The van der Waals surface area contributed by atoms with Crippen molar-refractivity contribution in [3.8, 4) is 0 Å². The highest BCUT2D eigenvalue weighted by Gasteiger charge is 2.05. The van der Waals surface area contributed by atoms with Crippen LogP contribution in [0.2, 0.25) is 0 Å². The van der Waals surface area contributed by atoms with Crippen LogP contribution in [0.1, 0.15) is 6.42 Å². The summed E-state index contributed by atoms with van der Waals surface area (Å²) < 4.78 is 4.90. The Morgan fingerprint density at radius 2 is 2.15 bits per heavy atom. The molecule has 0 atom stereocenters. The van der Waals surface area contributed by atoms with E-state index in [9.17, 15) is 4.79 Å². The smallest absolute Gasteiger partial charge is 0.304 e. The number of carboxylic acids is 1. The van der Waals surface area contributed by atoms with Crippen molar-refractivity contribution in [3.63, 3.8) is 0 Å². The van der Waals surface area contributed by atoms with E-state index in [-0.39, 0.29) is 6.42 Å². The monoisotopic (exact) mass is 190 g/mol. The van der Waals surface area contributed by atoms with E-state index in [0.29, 0.717) is 19.7 Å². The van der Waals surface area contributed by atoms with Gasteiger partial charge in [-0.15, -0.1) is 0 Å². The molecule has 78 valence electrons. The first-order valence-corrected chi connectivity index (χ1v) is 4.34. The lowest BCUT2D eigenvalue weighted by Crippen LogP contribution is -2.34. The van der Waals surface area contributed by atoms with Gasteiger partial charge in [-0.3, -0.25) is 9.69 Å². The maximum absolute atomic E-state index is 10.3. The van der Waals surface area contributed by atoms with Crippen LogP contribution in [0.4, 0.5) is 0 Å². The Hall–Kier alpha value is -0.650. The topological polar surface area (TPSA) is 75.8 Å². The second kappa shape index (κ2) is 7.97. The molecule has 5 nitrogen and oxygen atoms in total. The fraction of sp³-hybridized carbons (Fsp3) is 0.875. The summed E-state index contributed by atoms with van der Waals surface area (Å²) in [5.41, 5.74) is 5.38. The van der Waals surface area contributed by atoms with E-state index in [1.54, 1.807) is 7.11 Å². The summed E-state index contributed by atoms with van der Waals surface area (Å²) in [6.07, 6.45) is 0.156. The lowest BCUT2D eigenvalue weighted by molar-refractivity contribution is -0.137. The highest BCUT2D eigenvalue weighted by molar-refractivity contribution is 5.66. The molecule has 0 saturated carbocycles. The zero-order valence-corrected chi connectivity index (χ0v) is 8.03. The van der Waals surface area contributed by atoms with Gasteiger partial charge in [0.25, 0.3) is 0 Å². The first-order valence-electron chi connectivity index (χ1n) is 4.34. The standard InChI is InChI=1S/C8H18N2O3/c1-13-7-6-10(5-3-9)4-2-8(11)12/h2-7,9H2,1H3,(H,11,12). The third-order valence-electron chi connectivity index (χ3n) is 1.70.